The van der Waals surface area contributed by atoms with Gasteiger partial charge in [0.2, 0.25) is 0 Å². The third-order valence-corrected chi connectivity index (χ3v) is 15.1. The molecule has 0 aliphatic heterocycles. The molecule has 0 unspecified atom stereocenters. The van der Waals surface area contributed by atoms with Crippen LogP contribution in [0.15, 0.2) is 188 Å². The highest BCUT2D eigenvalue weighted by Gasteiger charge is 2.20. The van der Waals surface area contributed by atoms with Crippen LogP contribution in [0.4, 0.5) is 0 Å². The van der Waals surface area contributed by atoms with Crippen molar-refractivity contribution in [2.75, 3.05) is 0 Å². The van der Waals surface area contributed by atoms with E-state index in [2.05, 4.69) is 194 Å². The van der Waals surface area contributed by atoms with Crippen molar-refractivity contribution in [2.24, 2.45) is 0 Å². The first-order valence-corrected chi connectivity index (χ1v) is 22.9. The van der Waals surface area contributed by atoms with Gasteiger partial charge in [-0.1, -0.05) is 158 Å². The van der Waals surface area contributed by atoms with E-state index in [-0.39, 0.29) is 0 Å². The summed E-state index contributed by atoms with van der Waals surface area (Å²) >= 11 is 3.65. The first-order valence-electron chi connectivity index (χ1n) is 21.3. The number of aromatic nitrogens is 2. The van der Waals surface area contributed by atoms with Gasteiger partial charge in [-0.05, 0) is 115 Å². The van der Waals surface area contributed by atoms with E-state index in [4.69, 9.17) is 9.97 Å². The average Bonchev–Trinajstić information content (AvgIpc) is 3.93. The number of aryl methyl sites for hydroxylation is 1. The van der Waals surface area contributed by atoms with Crippen molar-refractivity contribution in [2.45, 2.75) is 12.8 Å². The number of nitrogens with zero attached hydrogens (tertiary/aromatic N) is 2. The Bertz CT molecular complexity index is 3800. The van der Waals surface area contributed by atoms with Crippen molar-refractivity contribution in [3.05, 3.63) is 199 Å². The first-order chi connectivity index (χ1) is 30.7. The van der Waals surface area contributed by atoms with Gasteiger partial charge in [-0.15, -0.1) is 22.7 Å². The summed E-state index contributed by atoms with van der Waals surface area (Å²) < 4.78 is 4.97. The molecular weight excluding hydrogens is 789 g/mol. The second-order valence-corrected chi connectivity index (χ2v) is 18.4. The van der Waals surface area contributed by atoms with Crippen LogP contribution in [-0.2, 0) is 6.42 Å². The predicted molar refractivity (Wildman–Crippen MR) is 267 cm³/mol. The molecule has 290 valence electrons. The van der Waals surface area contributed by atoms with E-state index in [9.17, 15) is 0 Å². The average molecular weight is 825 g/mol. The fraction of sp³-hybridized carbons (Fsp3) is 0.0345. The van der Waals surface area contributed by atoms with Crippen molar-refractivity contribution in [1.29, 1.82) is 0 Å². The molecule has 13 rings (SSSR count). The summed E-state index contributed by atoms with van der Waals surface area (Å²) in [7, 11) is 0. The molecular formula is C58H36N2S2. The minimum Gasteiger partial charge on any atom is -0.226 e. The lowest BCUT2D eigenvalue weighted by molar-refractivity contribution is 1.00. The van der Waals surface area contributed by atoms with Gasteiger partial charge in [-0.25, -0.2) is 9.97 Å². The molecule has 12 aromatic rings. The van der Waals surface area contributed by atoms with Crippen LogP contribution in [0.25, 0.3) is 124 Å². The summed E-state index contributed by atoms with van der Waals surface area (Å²) in [4.78, 5) is 10.9. The summed E-state index contributed by atoms with van der Waals surface area (Å²) in [6, 6.07) is 66.7. The van der Waals surface area contributed by atoms with Gasteiger partial charge in [0, 0.05) is 41.4 Å². The maximum Gasteiger partial charge on any atom is 0.160 e. The highest BCUT2D eigenvalue weighted by Crippen LogP contribution is 2.44. The summed E-state index contributed by atoms with van der Waals surface area (Å²) in [6.07, 6.45) is 6.82. The topological polar surface area (TPSA) is 25.8 Å². The van der Waals surface area contributed by atoms with Crippen LogP contribution in [0, 0.1) is 0 Å². The molecule has 4 heteroatoms. The summed E-state index contributed by atoms with van der Waals surface area (Å²) in [5.74, 6) is 0.724. The Morgan fingerprint density at radius 2 is 1.03 bits per heavy atom. The second kappa shape index (κ2) is 14.2. The van der Waals surface area contributed by atoms with E-state index in [0.29, 0.717) is 0 Å². The highest BCUT2D eigenvalue weighted by molar-refractivity contribution is 7.26. The zero-order valence-corrected chi connectivity index (χ0v) is 35.2. The fourth-order valence-corrected chi connectivity index (χ4v) is 12.2. The molecule has 3 aromatic heterocycles. The van der Waals surface area contributed by atoms with Crippen LogP contribution < -0.4 is 0 Å². The van der Waals surface area contributed by atoms with Crippen LogP contribution in [0.3, 0.4) is 0 Å². The second-order valence-electron chi connectivity index (χ2n) is 16.3. The Labute approximate surface area is 366 Å². The van der Waals surface area contributed by atoms with E-state index in [0.717, 1.165) is 67.8 Å². The quantitative estimate of drug-likeness (QED) is 0.162. The molecule has 0 saturated carbocycles. The number of thiophene rings is 2. The largest absolute Gasteiger partial charge is 0.226 e. The summed E-state index contributed by atoms with van der Waals surface area (Å²) in [6.45, 7) is 0. The highest BCUT2D eigenvalue weighted by atomic mass is 32.1. The molecule has 0 spiro atoms. The van der Waals surface area contributed by atoms with Gasteiger partial charge in [0.25, 0.3) is 0 Å². The molecule has 0 N–H and O–H groups in total. The number of fused-ring (bicyclic) bond motifs is 12. The van der Waals surface area contributed by atoms with E-state index < -0.39 is 0 Å². The standard InChI is InChI=1S/C58H36N2S2/c1-2-13-37(14-3-1)54-57-55(50-20-9-11-24-53(50)62-57)60-58(59-54)41-32-39(35-25-27-36(28-26-35)42-21-12-22-49-48-19-8-10-23-52(48)61-56(42)49)31-40(33-41)38-29-30-47-45-17-5-4-15-43(45)44-16-6-7-18-46(44)51(47)34-38/h1-3,5-14,16-34H,4,15H2. The SMILES string of the molecule is C1=Cc2c(c3ccccc3c3cc(-c4cc(-c5ccc(-c6cccc7c6sc6ccccc67)cc5)cc(-c5nc(-c6ccccc6)c6sc7ccccc7c6n5)c4)ccc23)CC1. The van der Waals surface area contributed by atoms with Crippen LogP contribution in [0.5, 0.6) is 0 Å². The number of hydrogen-bond acceptors (Lipinski definition) is 4. The number of benzene rings is 9. The molecule has 62 heavy (non-hydrogen) atoms. The Morgan fingerprint density at radius 3 is 1.87 bits per heavy atom. The molecule has 1 aliphatic carbocycles. The predicted octanol–water partition coefficient (Wildman–Crippen LogP) is 16.8. The first kappa shape index (κ1) is 35.5. The smallest absolute Gasteiger partial charge is 0.160 e. The van der Waals surface area contributed by atoms with E-state index in [1.807, 2.05) is 11.3 Å². The molecule has 0 saturated heterocycles. The van der Waals surface area contributed by atoms with Gasteiger partial charge in [0.1, 0.15) is 0 Å². The maximum atomic E-state index is 5.44. The van der Waals surface area contributed by atoms with Crippen molar-refractivity contribution >= 4 is 90.8 Å². The van der Waals surface area contributed by atoms with Gasteiger partial charge >= 0.3 is 0 Å². The zero-order chi connectivity index (χ0) is 40.7. The lowest BCUT2D eigenvalue weighted by atomic mass is 9.85. The minimum atomic E-state index is 0.724. The van der Waals surface area contributed by atoms with Crippen molar-refractivity contribution in [3.8, 4) is 56.0 Å². The Kier molecular flexibility index (Phi) is 8.12. The normalized spacial score (nSPS) is 12.6. The molecule has 3 heterocycles. The van der Waals surface area contributed by atoms with Crippen molar-refractivity contribution in [1.82, 2.24) is 9.97 Å². The third-order valence-electron chi connectivity index (χ3n) is 12.7. The van der Waals surface area contributed by atoms with E-state index in [1.54, 1.807) is 11.3 Å². The van der Waals surface area contributed by atoms with Crippen molar-refractivity contribution < 1.29 is 0 Å². The molecule has 0 amide bonds. The number of hydrogen-bond donors (Lipinski definition) is 0. The molecule has 0 fully saturated rings. The fourth-order valence-electron chi connectivity index (χ4n) is 9.78. The van der Waals surface area contributed by atoms with E-state index >= 15 is 0 Å². The zero-order valence-electron chi connectivity index (χ0n) is 33.6. The molecule has 2 nitrogen and oxygen atoms in total. The molecule has 0 radical (unpaired) electrons. The molecule has 1 aliphatic rings. The molecule has 9 aromatic carbocycles. The maximum absolute atomic E-state index is 5.44. The van der Waals surface area contributed by atoms with Crippen molar-refractivity contribution in [3.63, 3.8) is 0 Å². The Morgan fingerprint density at radius 1 is 0.387 bits per heavy atom. The Balaban J connectivity index is 1.02. The minimum absolute atomic E-state index is 0.724. The molecule has 0 bridgehead atoms. The summed E-state index contributed by atoms with van der Waals surface area (Å²) in [5.41, 5.74) is 13.9. The van der Waals surface area contributed by atoms with Gasteiger partial charge < -0.3 is 0 Å². The van der Waals surface area contributed by atoms with Crippen LogP contribution in [0.2, 0.25) is 0 Å². The van der Waals surface area contributed by atoms with Gasteiger partial charge in [-0.3, -0.25) is 0 Å². The van der Waals surface area contributed by atoms with Crippen LogP contribution in [0.1, 0.15) is 17.5 Å². The number of allylic oxidation sites excluding steroid dienone is 1. The third kappa shape index (κ3) is 5.68. The lowest BCUT2D eigenvalue weighted by Gasteiger charge is -2.19. The molecule has 0 atom stereocenters. The lowest BCUT2D eigenvalue weighted by Crippen LogP contribution is -1.98. The van der Waals surface area contributed by atoms with Gasteiger partial charge in [0.05, 0.1) is 15.9 Å². The van der Waals surface area contributed by atoms with Gasteiger partial charge in [-0.2, -0.15) is 0 Å². The van der Waals surface area contributed by atoms with Crippen LogP contribution >= 0.6 is 22.7 Å². The van der Waals surface area contributed by atoms with E-state index in [1.165, 1.54) is 74.2 Å². The Hall–Kier alpha value is -7.24. The number of rotatable bonds is 5. The van der Waals surface area contributed by atoms with Crippen LogP contribution in [-0.4, -0.2) is 9.97 Å². The monoisotopic (exact) mass is 824 g/mol. The van der Waals surface area contributed by atoms with Gasteiger partial charge in [0.15, 0.2) is 5.82 Å². The summed E-state index contributed by atoms with van der Waals surface area (Å²) in [5, 5.41) is 9.05.